The van der Waals surface area contributed by atoms with Gasteiger partial charge >= 0.3 is 136 Å². The number of carboxylic acids is 4. The molecule has 1 atom stereocenters. The molecule has 0 heterocycles. The predicted octanol–water partition coefficient (Wildman–Crippen LogP) is -5.67. The second-order valence-electron chi connectivity index (χ2n) is 4.21. The van der Waals surface area contributed by atoms with Gasteiger partial charge in [-0.2, -0.15) is 0 Å². The van der Waals surface area contributed by atoms with E-state index in [9.17, 15) is 29.1 Å². The zero-order valence-electron chi connectivity index (χ0n) is 11.1. The molecule has 0 aliphatic carbocycles. The van der Waals surface area contributed by atoms with Gasteiger partial charge in [-0.05, 0) is 0 Å². The second-order valence-corrected chi connectivity index (χ2v) is 4.21. The summed E-state index contributed by atoms with van der Waals surface area (Å²) in [6.45, 7) is -2.68. The van der Waals surface area contributed by atoms with Gasteiger partial charge in [0.05, 0.1) is 0 Å². The first kappa shape index (κ1) is 41.0. The first-order valence-corrected chi connectivity index (χ1v) is 5.24. The van der Waals surface area contributed by atoms with Crippen LogP contribution in [0.4, 0.5) is 0 Å². The zero-order chi connectivity index (χ0) is 16.1. The van der Waals surface area contributed by atoms with Crippen molar-refractivity contribution < 1.29 is 48.9 Å². The van der Waals surface area contributed by atoms with Crippen molar-refractivity contribution in [1.29, 1.82) is 0 Å². The summed E-state index contributed by atoms with van der Waals surface area (Å²) in [6, 6.07) is -2.20. The van der Waals surface area contributed by atoms with Crippen LogP contribution in [0.3, 0.4) is 0 Å². The molecule has 0 rings (SSSR count). The van der Waals surface area contributed by atoms with Crippen LogP contribution in [0.15, 0.2) is 0 Å². The Hall–Kier alpha value is 1.47. The van der Waals surface area contributed by atoms with E-state index in [1.54, 1.807) is 0 Å². The van der Waals surface area contributed by atoms with Crippen LogP contribution in [-0.4, -0.2) is 193 Å². The Labute approximate surface area is 232 Å². The van der Waals surface area contributed by atoms with Crippen molar-refractivity contribution in [3.63, 3.8) is 0 Å². The fraction of sp³-hybridized carbons (Fsp3) is 0.500. The number of hydrogen-bond donors (Lipinski definition) is 4. The van der Waals surface area contributed by atoms with Crippen molar-refractivity contribution in [2.75, 3.05) is 19.6 Å². The second kappa shape index (κ2) is 18.8. The molecule has 15 heteroatoms. The van der Waals surface area contributed by atoms with Gasteiger partial charge in [-0.25, -0.2) is 14.4 Å². The molecule has 128 valence electrons. The third-order valence-electron chi connectivity index (χ3n) is 2.51. The molecular weight excluding hydrogens is 384 g/mol. The van der Waals surface area contributed by atoms with Crippen molar-refractivity contribution >= 4 is 148 Å². The number of hydrogen-bond acceptors (Lipinski definition) is 7. The molecule has 0 bridgehead atoms. The predicted molar refractivity (Wildman–Crippen MR) is 90.9 cm³/mol. The molecule has 6 N–H and O–H groups in total. The molecule has 0 aromatic heterocycles. The number of carbonyl (C=O) groups is 5. The van der Waals surface area contributed by atoms with Gasteiger partial charge < -0.3 is 31.4 Å². The third-order valence-corrected chi connectivity index (χ3v) is 2.51. The van der Waals surface area contributed by atoms with E-state index in [0.717, 1.165) is 6.92 Å². The zero-order valence-corrected chi connectivity index (χ0v) is 11.1. The molecule has 0 saturated carbocycles. The molecular formula is C10H20N2Na4O9. The maximum absolute atomic E-state index is 11.4. The molecule has 0 amide bonds. The molecule has 0 aliphatic heterocycles. The molecule has 0 fully saturated rings. The van der Waals surface area contributed by atoms with Gasteiger partial charge in [0.2, 0.25) is 0 Å². The third kappa shape index (κ3) is 15.1. The van der Waals surface area contributed by atoms with E-state index in [0.29, 0.717) is 0 Å². The monoisotopic (exact) mass is 404 g/mol. The first-order valence-electron chi connectivity index (χ1n) is 5.24. The van der Waals surface area contributed by atoms with Crippen molar-refractivity contribution in [3.8, 4) is 0 Å². The summed E-state index contributed by atoms with van der Waals surface area (Å²) >= 11 is 0. The van der Waals surface area contributed by atoms with Crippen LogP contribution < -0.4 is 11.3 Å². The molecule has 11 nitrogen and oxygen atoms in total. The van der Waals surface area contributed by atoms with Gasteiger partial charge in [-0.1, -0.05) is 0 Å². The number of ketones is 1. The van der Waals surface area contributed by atoms with E-state index in [1.807, 2.05) is 0 Å². The Kier molecular flexibility index (Phi) is 30.8. The SMILES string of the molecule is CC(=O)C(C(=O)[O-])[N+](CC(=O)O)(CC(=O)O)CC(=O)O.N.[NaH].[NaH].[NaH].[NaH]. The number of carbonyl (C=O) groups excluding carboxylic acids is 2. The maximum atomic E-state index is 11.4. The molecule has 1 unspecified atom stereocenters. The summed E-state index contributed by atoms with van der Waals surface area (Å²) in [5.41, 5.74) is 0. The summed E-state index contributed by atoms with van der Waals surface area (Å²) in [4.78, 5) is 54.8. The van der Waals surface area contributed by atoms with Gasteiger partial charge in [0.15, 0.2) is 31.5 Å². The molecule has 0 aliphatic rings. The molecule has 0 radical (unpaired) electrons. The normalized spacial score (nSPS) is 9.96. The quantitative estimate of drug-likeness (QED) is 0.163. The number of carboxylic acid groups (broad SMARTS) is 4. The topological polar surface area (TPSA) is 204 Å². The molecule has 0 aromatic carbocycles. The van der Waals surface area contributed by atoms with Gasteiger partial charge in [0, 0.05) is 6.92 Å². The fourth-order valence-electron chi connectivity index (χ4n) is 2.02. The van der Waals surface area contributed by atoms with Crippen LogP contribution in [0.2, 0.25) is 0 Å². The molecule has 25 heavy (non-hydrogen) atoms. The molecule has 0 aromatic rings. The Morgan fingerprint density at radius 2 is 1.04 bits per heavy atom. The van der Waals surface area contributed by atoms with E-state index < -0.39 is 59.8 Å². The minimum atomic E-state index is -2.20. The number of nitrogens with zero attached hydrogens (tertiary/aromatic N) is 1. The number of rotatable bonds is 9. The average molecular weight is 404 g/mol. The Morgan fingerprint density at radius 3 is 1.16 bits per heavy atom. The number of quaternary nitrogens is 1. The summed E-state index contributed by atoms with van der Waals surface area (Å²) in [6.07, 6.45) is 0. The molecule has 0 spiro atoms. The summed E-state index contributed by atoms with van der Waals surface area (Å²) < 4.78 is -1.49. The van der Waals surface area contributed by atoms with Gasteiger partial charge in [0.1, 0.15) is 5.97 Å². The van der Waals surface area contributed by atoms with Crippen LogP contribution in [0.1, 0.15) is 6.92 Å². The average Bonchev–Trinajstić information content (AvgIpc) is 2.10. The summed E-state index contributed by atoms with van der Waals surface area (Å²) in [5, 5.41) is 37.3. The number of aliphatic carboxylic acids is 4. The van der Waals surface area contributed by atoms with Crippen LogP contribution in [0.25, 0.3) is 0 Å². The van der Waals surface area contributed by atoms with Crippen molar-refractivity contribution in [1.82, 2.24) is 6.15 Å². The number of Topliss-reactive ketones (excluding diaryl/α,β-unsaturated/α-hetero) is 1. The Bertz CT molecular complexity index is 421. The Morgan fingerprint density at radius 1 is 0.800 bits per heavy atom. The fourth-order valence-corrected chi connectivity index (χ4v) is 2.02. The van der Waals surface area contributed by atoms with Crippen LogP contribution >= 0.6 is 0 Å². The summed E-state index contributed by atoms with van der Waals surface area (Å²) in [7, 11) is 0. The summed E-state index contributed by atoms with van der Waals surface area (Å²) in [5.74, 6) is -8.03. The Balaban J connectivity index is -0.000000180. The molecule has 0 saturated heterocycles. The van der Waals surface area contributed by atoms with E-state index in [2.05, 4.69) is 0 Å². The van der Waals surface area contributed by atoms with Crippen LogP contribution in [0, 0.1) is 0 Å². The standard InChI is InChI=1S/C10H13NO9.H3N.4Na.4H/c1-5(12)9(10(19)20)11(2-6(13)14,3-7(15)16)4-8(17)18;;;;;;;;;/h9H,2-4H2,1H3,(H3-,13,14,15,16,17,18,19,20);1H3;;;;;;;;. The van der Waals surface area contributed by atoms with E-state index >= 15 is 0 Å². The van der Waals surface area contributed by atoms with Gasteiger partial charge in [0.25, 0.3) is 0 Å². The minimum absolute atomic E-state index is 0. The van der Waals surface area contributed by atoms with Gasteiger partial charge in [-0.3, -0.25) is 9.28 Å². The first-order chi connectivity index (χ1) is 9.01. The van der Waals surface area contributed by atoms with Gasteiger partial charge in [-0.15, -0.1) is 0 Å². The van der Waals surface area contributed by atoms with E-state index in [1.165, 1.54) is 0 Å². The van der Waals surface area contributed by atoms with Crippen molar-refractivity contribution in [2.24, 2.45) is 0 Å². The van der Waals surface area contributed by atoms with Crippen LogP contribution in [-0.2, 0) is 24.0 Å². The van der Waals surface area contributed by atoms with E-state index in [-0.39, 0.29) is 124 Å². The van der Waals surface area contributed by atoms with Crippen molar-refractivity contribution in [2.45, 2.75) is 13.0 Å². The van der Waals surface area contributed by atoms with Crippen LogP contribution in [0.5, 0.6) is 0 Å². The van der Waals surface area contributed by atoms with Crippen molar-refractivity contribution in [3.05, 3.63) is 0 Å². The van der Waals surface area contributed by atoms with E-state index in [4.69, 9.17) is 15.3 Å².